The fourth-order valence-electron chi connectivity index (χ4n) is 1.20. The number of nitrogens with zero attached hydrogens (tertiary/aromatic N) is 3. The third-order valence-corrected chi connectivity index (χ3v) is 2.25. The van der Waals surface area contributed by atoms with Crippen LogP contribution in [0.5, 0.6) is 0 Å². The molecule has 2 aromatic rings. The minimum absolute atomic E-state index is 0.353. The van der Waals surface area contributed by atoms with Crippen molar-refractivity contribution in [3.05, 3.63) is 46.2 Å². The van der Waals surface area contributed by atoms with Crippen LogP contribution in [-0.4, -0.2) is 9.78 Å². The van der Waals surface area contributed by atoms with Crippen LogP contribution in [0.1, 0.15) is 5.69 Å². The molecule has 3 nitrogen and oxygen atoms in total. The van der Waals surface area contributed by atoms with Gasteiger partial charge in [0.1, 0.15) is 6.07 Å². The Morgan fingerprint density at radius 3 is 2.40 bits per heavy atom. The Balaban J connectivity index is 2.50. The summed E-state index contributed by atoms with van der Waals surface area (Å²) in [6, 6.07) is 8.66. The fourth-order valence-corrected chi connectivity index (χ4v) is 1.71. The SMILES string of the molecule is N#Cc1ccn(-c2cc(Cl)cc(Cl)c2)n1. The van der Waals surface area contributed by atoms with Gasteiger partial charge in [0, 0.05) is 16.2 Å². The van der Waals surface area contributed by atoms with Crippen molar-refractivity contribution in [2.75, 3.05) is 0 Å². The maximum absolute atomic E-state index is 8.63. The summed E-state index contributed by atoms with van der Waals surface area (Å²) in [7, 11) is 0. The Morgan fingerprint density at radius 2 is 1.87 bits per heavy atom. The number of nitriles is 1. The minimum Gasteiger partial charge on any atom is -0.240 e. The first-order valence-corrected chi connectivity index (χ1v) is 4.87. The van der Waals surface area contributed by atoms with Crippen molar-refractivity contribution in [2.24, 2.45) is 0 Å². The zero-order valence-corrected chi connectivity index (χ0v) is 9.00. The molecule has 0 fully saturated rings. The summed E-state index contributed by atoms with van der Waals surface area (Å²) in [6.07, 6.45) is 1.68. The first-order chi connectivity index (χ1) is 7.19. The average molecular weight is 238 g/mol. The van der Waals surface area contributed by atoms with E-state index < -0.39 is 0 Å². The molecule has 0 spiro atoms. The van der Waals surface area contributed by atoms with Crippen LogP contribution in [0, 0.1) is 11.3 Å². The summed E-state index contributed by atoms with van der Waals surface area (Å²) in [4.78, 5) is 0. The van der Waals surface area contributed by atoms with Gasteiger partial charge in [-0.3, -0.25) is 0 Å². The molecule has 0 saturated carbocycles. The molecule has 0 aliphatic rings. The summed E-state index contributed by atoms with van der Waals surface area (Å²) in [6.45, 7) is 0. The molecular formula is C10H5Cl2N3. The first kappa shape index (κ1) is 10.0. The molecule has 74 valence electrons. The largest absolute Gasteiger partial charge is 0.240 e. The lowest BCUT2D eigenvalue weighted by molar-refractivity contribution is 0.873. The summed E-state index contributed by atoms with van der Waals surface area (Å²) in [5.41, 5.74) is 1.08. The molecule has 15 heavy (non-hydrogen) atoms. The molecule has 1 aromatic carbocycles. The van der Waals surface area contributed by atoms with Crippen LogP contribution in [0.4, 0.5) is 0 Å². The highest BCUT2D eigenvalue weighted by molar-refractivity contribution is 6.34. The molecule has 0 atom stereocenters. The van der Waals surface area contributed by atoms with Crippen molar-refractivity contribution in [3.63, 3.8) is 0 Å². The van der Waals surface area contributed by atoms with Gasteiger partial charge in [-0.25, -0.2) is 4.68 Å². The van der Waals surface area contributed by atoms with E-state index in [0.29, 0.717) is 15.7 Å². The van der Waals surface area contributed by atoms with Gasteiger partial charge >= 0.3 is 0 Å². The Hall–Kier alpha value is -1.50. The number of halogens is 2. The van der Waals surface area contributed by atoms with Gasteiger partial charge in [0.2, 0.25) is 0 Å². The fraction of sp³-hybridized carbons (Fsp3) is 0. The van der Waals surface area contributed by atoms with E-state index in [-0.39, 0.29) is 0 Å². The van der Waals surface area contributed by atoms with E-state index in [4.69, 9.17) is 28.5 Å². The van der Waals surface area contributed by atoms with E-state index in [1.807, 2.05) is 6.07 Å². The second kappa shape index (κ2) is 3.93. The van der Waals surface area contributed by atoms with Crippen molar-refractivity contribution >= 4 is 23.2 Å². The zero-order chi connectivity index (χ0) is 10.8. The molecule has 5 heteroatoms. The van der Waals surface area contributed by atoms with Crippen LogP contribution in [0.25, 0.3) is 5.69 Å². The maximum atomic E-state index is 8.63. The molecule has 0 aliphatic carbocycles. The van der Waals surface area contributed by atoms with Crippen molar-refractivity contribution in [1.82, 2.24) is 9.78 Å². The smallest absolute Gasteiger partial charge is 0.162 e. The van der Waals surface area contributed by atoms with Gasteiger partial charge in [0.05, 0.1) is 5.69 Å². The second-order valence-electron chi connectivity index (χ2n) is 2.88. The monoisotopic (exact) mass is 237 g/mol. The molecule has 1 heterocycles. The van der Waals surface area contributed by atoms with E-state index in [9.17, 15) is 0 Å². The van der Waals surface area contributed by atoms with Gasteiger partial charge in [-0.2, -0.15) is 10.4 Å². The summed E-state index contributed by atoms with van der Waals surface area (Å²) < 4.78 is 1.55. The topological polar surface area (TPSA) is 41.6 Å². The van der Waals surface area contributed by atoms with Gasteiger partial charge in [-0.05, 0) is 24.3 Å². The number of rotatable bonds is 1. The van der Waals surface area contributed by atoms with Crippen LogP contribution in [0.2, 0.25) is 10.0 Å². The van der Waals surface area contributed by atoms with Gasteiger partial charge in [-0.15, -0.1) is 0 Å². The van der Waals surface area contributed by atoms with Crippen molar-refractivity contribution in [1.29, 1.82) is 5.26 Å². The zero-order valence-electron chi connectivity index (χ0n) is 7.48. The van der Waals surface area contributed by atoms with E-state index in [1.165, 1.54) is 0 Å². The highest BCUT2D eigenvalue weighted by Gasteiger charge is 2.02. The standard InChI is InChI=1S/C10H5Cl2N3/c11-7-3-8(12)5-10(4-7)15-2-1-9(6-13)14-15/h1-5H. The van der Waals surface area contributed by atoms with Crippen molar-refractivity contribution in [2.45, 2.75) is 0 Å². The molecule has 0 radical (unpaired) electrons. The quantitative estimate of drug-likeness (QED) is 0.766. The Kier molecular flexibility index (Phi) is 2.63. The number of hydrogen-bond donors (Lipinski definition) is 0. The first-order valence-electron chi connectivity index (χ1n) is 4.11. The normalized spacial score (nSPS) is 9.93. The van der Waals surface area contributed by atoms with Gasteiger partial charge in [0.15, 0.2) is 5.69 Å². The Bertz CT molecular complexity index is 520. The predicted molar refractivity (Wildman–Crippen MR) is 58.3 cm³/mol. The summed E-state index contributed by atoms with van der Waals surface area (Å²) in [5.74, 6) is 0. The second-order valence-corrected chi connectivity index (χ2v) is 3.76. The minimum atomic E-state index is 0.353. The lowest BCUT2D eigenvalue weighted by atomic mass is 10.3. The summed E-state index contributed by atoms with van der Waals surface area (Å²) in [5, 5.41) is 13.7. The molecule has 0 saturated heterocycles. The Morgan fingerprint density at radius 1 is 1.20 bits per heavy atom. The lowest BCUT2D eigenvalue weighted by Gasteiger charge is -2.02. The van der Waals surface area contributed by atoms with Gasteiger partial charge in [-0.1, -0.05) is 23.2 Å². The summed E-state index contributed by atoms with van der Waals surface area (Å²) >= 11 is 11.7. The number of benzene rings is 1. The molecule has 1 aromatic heterocycles. The van der Waals surface area contributed by atoms with E-state index in [1.54, 1.807) is 35.1 Å². The third-order valence-electron chi connectivity index (χ3n) is 1.82. The molecule has 0 unspecified atom stereocenters. The van der Waals surface area contributed by atoms with Crippen LogP contribution >= 0.6 is 23.2 Å². The van der Waals surface area contributed by atoms with Crippen LogP contribution in [0.3, 0.4) is 0 Å². The predicted octanol–water partition coefficient (Wildman–Crippen LogP) is 3.05. The lowest BCUT2D eigenvalue weighted by Crippen LogP contribution is -1.94. The van der Waals surface area contributed by atoms with Crippen LogP contribution in [-0.2, 0) is 0 Å². The van der Waals surface area contributed by atoms with E-state index in [2.05, 4.69) is 5.10 Å². The van der Waals surface area contributed by atoms with Crippen molar-refractivity contribution in [3.8, 4) is 11.8 Å². The number of hydrogen-bond acceptors (Lipinski definition) is 2. The molecule has 0 N–H and O–H groups in total. The van der Waals surface area contributed by atoms with Gasteiger partial charge in [0.25, 0.3) is 0 Å². The molecular weight excluding hydrogens is 233 g/mol. The average Bonchev–Trinajstić information content (AvgIpc) is 2.64. The Labute approximate surface area is 96.5 Å². The molecule has 2 rings (SSSR count). The molecule has 0 bridgehead atoms. The van der Waals surface area contributed by atoms with E-state index in [0.717, 1.165) is 5.69 Å². The van der Waals surface area contributed by atoms with Crippen LogP contribution < -0.4 is 0 Å². The van der Waals surface area contributed by atoms with Crippen LogP contribution in [0.15, 0.2) is 30.5 Å². The highest BCUT2D eigenvalue weighted by Crippen LogP contribution is 2.21. The van der Waals surface area contributed by atoms with Gasteiger partial charge < -0.3 is 0 Å². The van der Waals surface area contributed by atoms with E-state index >= 15 is 0 Å². The molecule has 0 amide bonds. The number of aromatic nitrogens is 2. The molecule has 0 aliphatic heterocycles. The maximum Gasteiger partial charge on any atom is 0.162 e. The third kappa shape index (κ3) is 2.12. The highest BCUT2D eigenvalue weighted by atomic mass is 35.5. The van der Waals surface area contributed by atoms with Crippen molar-refractivity contribution < 1.29 is 0 Å².